The summed E-state index contributed by atoms with van der Waals surface area (Å²) in [6.07, 6.45) is 6.31. The van der Waals surface area contributed by atoms with Crippen LogP contribution in [0.2, 0.25) is 0 Å². The van der Waals surface area contributed by atoms with E-state index in [0.717, 1.165) is 24.1 Å². The Balaban J connectivity index is 1.92. The summed E-state index contributed by atoms with van der Waals surface area (Å²) in [5.74, 6) is 0. The van der Waals surface area contributed by atoms with Gasteiger partial charge in [-0.2, -0.15) is 14.5 Å². The molecule has 3 rings (SSSR count). The van der Waals surface area contributed by atoms with Crippen molar-refractivity contribution < 1.29 is 8.42 Å². The molecule has 0 radical (unpaired) electrons. The Morgan fingerprint density at radius 2 is 2.14 bits per heavy atom. The Morgan fingerprint density at radius 3 is 2.76 bits per heavy atom. The number of aromatic amines is 2. The van der Waals surface area contributed by atoms with E-state index in [0.29, 0.717) is 13.1 Å². The van der Waals surface area contributed by atoms with Crippen LogP contribution >= 0.6 is 0 Å². The van der Waals surface area contributed by atoms with Crippen molar-refractivity contribution in [2.45, 2.75) is 37.0 Å². The molecule has 0 unspecified atom stereocenters. The Labute approximate surface area is 123 Å². The highest BCUT2D eigenvalue weighted by Gasteiger charge is 2.40. The average Bonchev–Trinajstić information content (AvgIpc) is 3.09. The van der Waals surface area contributed by atoms with Crippen LogP contribution in [0.25, 0.3) is 0 Å². The summed E-state index contributed by atoms with van der Waals surface area (Å²) in [4.78, 5) is 0.216. The number of hydrogen-bond acceptors (Lipinski definition) is 4. The summed E-state index contributed by atoms with van der Waals surface area (Å²) >= 11 is 0. The number of rotatable bonds is 3. The lowest BCUT2D eigenvalue weighted by molar-refractivity contribution is 0.235. The summed E-state index contributed by atoms with van der Waals surface area (Å²) in [6.45, 7) is 5.07. The van der Waals surface area contributed by atoms with Crippen molar-refractivity contribution in [2.75, 3.05) is 13.1 Å². The van der Waals surface area contributed by atoms with Gasteiger partial charge in [0.25, 0.3) is 0 Å². The number of sulfonamides is 1. The van der Waals surface area contributed by atoms with Crippen molar-refractivity contribution >= 4 is 10.0 Å². The smallest absolute Gasteiger partial charge is 0.246 e. The SMILES string of the molecule is Cc1cn[nH]c1[C@@]1(C)CCCN(S(=O)(=O)c2cn[nH]c2)C1. The molecule has 1 saturated heterocycles. The Kier molecular flexibility index (Phi) is 3.37. The number of nitrogens with zero attached hydrogens (tertiary/aromatic N) is 3. The highest BCUT2D eigenvalue weighted by Crippen LogP contribution is 2.36. The van der Waals surface area contributed by atoms with Gasteiger partial charge in [0.2, 0.25) is 10.0 Å². The largest absolute Gasteiger partial charge is 0.284 e. The van der Waals surface area contributed by atoms with E-state index in [4.69, 9.17) is 0 Å². The van der Waals surface area contributed by atoms with E-state index in [9.17, 15) is 8.42 Å². The van der Waals surface area contributed by atoms with Gasteiger partial charge in [-0.3, -0.25) is 10.2 Å². The summed E-state index contributed by atoms with van der Waals surface area (Å²) in [5, 5.41) is 13.4. The maximum Gasteiger partial charge on any atom is 0.246 e. The number of piperidine rings is 1. The average molecular weight is 309 g/mol. The molecule has 0 aromatic carbocycles. The van der Waals surface area contributed by atoms with Gasteiger partial charge in [0.15, 0.2) is 0 Å². The molecule has 2 N–H and O–H groups in total. The van der Waals surface area contributed by atoms with Crippen LogP contribution in [0.5, 0.6) is 0 Å². The number of aryl methyl sites for hydroxylation is 1. The van der Waals surface area contributed by atoms with E-state index in [1.54, 1.807) is 10.5 Å². The zero-order valence-electron chi connectivity index (χ0n) is 12.1. The van der Waals surface area contributed by atoms with E-state index in [-0.39, 0.29) is 10.3 Å². The van der Waals surface area contributed by atoms with Crippen LogP contribution in [0.4, 0.5) is 0 Å². The van der Waals surface area contributed by atoms with Crippen LogP contribution in [0.1, 0.15) is 31.0 Å². The van der Waals surface area contributed by atoms with Crippen LogP contribution in [0.3, 0.4) is 0 Å². The molecule has 3 heterocycles. The second kappa shape index (κ2) is 4.96. The fourth-order valence-electron chi connectivity index (χ4n) is 3.09. The lowest BCUT2D eigenvalue weighted by atomic mass is 9.78. The number of hydrogen-bond donors (Lipinski definition) is 2. The molecule has 0 spiro atoms. The molecular formula is C13H19N5O2S. The summed E-state index contributed by atoms with van der Waals surface area (Å²) in [5.41, 5.74) is 1.85. The van der Waals surface area contributed by atoms with Gasteiger partial charge in [0.1, 0.15) is 4.90 Å². The fourth-order valence-corrected chi connectivity index (χ4v) is 4.60. The third kappa shape index (κ3) is 2.38. The first-order valence-corrected chi connectivity index (χ1v) is 8.37. The molecule has 0 aliphatic carbocycles. The van der Waals surface area contributed by atoms with Crippen LogP contribution in [0, 0.1) is 6.92 Å². The zero-order chi connectivity index (χ0) is 15.1. The highest BCUT2D eigenvalue weighted by molar-refractivity contribution is 7.89. The molecule has 114 valence electrons. The van der Waals surface area contributed by atoms with Crippen LogP contribution < -0.4 is 0 Å². The molecule has 7 nitrogen and oxygen atoms in total. The Morgan fingerprint density at radius 1 is 1.33 bits per heavy atom. The lowest BCUT2D eigenvalue weighted by Crippen LogP contribution is -2.47. The van der Waals surface area contributed by atoms with Gasteiger partial charge in [0.05, 0.1) is 12.4 Å². The quantitative estimate of drug-likeness (QED) is 0.890. The fraction of sp³-hybridized carbons (Fsp3) is 0.538. The number of aromatic nitrogens is 4. The van der Waals surface area contributed by atoms with Gasteiger partial charge in [0, 0.05) is 30.4 Å². The van der Waals surface area contributed by atoms with Gasteiger partial charge in [-0.1, -0.05) is 6.92 Å². The topological polar surface area (TPSA) is 94.7 Å². The molecule has 2 aromatic rings. The van der Waals surface area contributed by atoms with Crippen molar-refractivity contribution in [1.82, 2.24) is 24.7 Å². The van der Waals surface area contributed by atoms with E-state index in [1.807, 2.05) is 6.92 Å². The minimum atomic E-state index is -3.49. The third-order valence-corrected chi connectivity index (χ3v) is 6.02. The van der Waals surface area contributed by atoms with Gasteiger partial charge in [-0.25, -0.2) is 8.42 Å². The minimum absolute atomic E-state index is 0.216. The second-order valence-corrected chi connectivity index (χ2v) is 7.80. The molecule has 0 saturated carbocycles. The predicted octanol–water partition coefficient (Wildman–Crippen LogP) is 1.18. The van der Waals surface area contributed by atoms with Crippen LogP contribution in [-0.2, 0) is 15.4 Å². The van der Waals surface area contributed by atoms with E-state index < -0.39 is 10.0 Å². The molecule has 0 bridgehead atoms. The molecule has 8 heteroatoms. The summed E-state index contributed by atoms with van der Waals surface area (Å²) in [6, 6.07) is 0. The number of H-pyrrole nitrogens is 2. The van der Waals surface area contributed by atoms with E-state index in [2.05, 4.69) is 27.3 Å². The van der Waals surface area contributed by atoms with E-state index in [1.165, 1.54) is 12.4 Å². The second-order valence-electron chi connectivity index (χ2n) is 5.86. The molecule has 0 amide bonds. The standard InChI is InChI=1S/C13H19N5O2S/c1-10-6-16-17-12(10)13(2)4-3-5-18(9-13)21(19,20)11-7-14-15-8-11/h6-8H,3-5,9H2,1-2H3,(H,14,15)(H,16,17)/t13-/m0/s1. The van der Waals surface area contributed by atoms with Crippen molar-refractivity contribution in [2.24, 2.45) is 0 Å². The van der Waals surface area contributed by atoms with Crippen molar-refractivity contribution in [3.05, 3.63) is 29.8 Å². The molecule has 1 fully saturated rings. The normalized spacial score (nSPS) is 24.3. The minimum Gasteiger partial charge on any atom is -0.284 e. The molecular weight excluding hydrogens is 290 g/mol. The summed E-state index contributed by atoms with van der Waals surface area (Å²) < 4.78 is 26.8. The molecule has 1 atom stereocenters. The van der Waals surface area contributed by atoms with Gasteiger partial charge < -0.3 is 0 Å². The monoisotopic (exact) mass is 309 g/mol. The van der Waals surface area contributed by atoms with Gasteiger partial charge >= 0.3 is 0 Å². The summed E-state index contributed by atoms with van der Waals surface area (Å²) in [7, 11) is -3.49. The third-order valence-electron chi connectivity index (χ3n) is 4.20. The lowest BCUT2D eigenvalue weighted by Gasteiger charge is -2.39. The van der Waals surface area contributed by atoms with Crippen molar-refractivity contribution in [3.63, 3.8) is 0 Å². The molecule has 1 aliphatic rings. The molecule has 1 aliphatic heterocycles. The maximum absolute atomic E-state index is 12.6. The molecule has 21 heavy (non-hydrogen) atoms. The Hall–Kier alpha value is -1.67. The molecule has 2 aromatic heterocycles. The van der Waals surface area contributed by atoms with Gasteiger partial charge in [-0.15, -0.1) is 0 Å². The highest BCUT2D eigenvalue weighted by atomic mass is 32.2. The predicted molar refractivity (Wildman–Crippen MR) is 77.3 cm³/mol. The first-order valence-electron chi connectivity index (χ1n) is 6.93. The zero-order valence-corrected chi connectivity index (χ0v) is 12.9. The Bertz CT molecular complexity index is 722. The van der Waals surface area contributed by atoms with Crippen LogP contribution in [-0.4, -0.2) is 46.2 Å². The first-order chi connectivity index (χ1) is 9.93. The van der Waals surface area contributed by atoms with Gasteiger partial charge in [-0.05, 0) is 25.3 Å². The number of nitrogens with one attached hydrogen (secondary N) is 2. The van der Waals surface area contributed by atoms with E-state index >= 15 is 0 Å². The van der Waals surface area contributed by atoms with Crippen molar-refractivity contribution in [3.8, 4) is 0 Å². The van der Waals surface area contributed by atoms with Crippen LogP contribution in [0.15, 0.2) is 23.5 Å². The van der Waals surface area contributed by atoms with Crippen molar-refractivity contribution in [1.29, 1.82) is 0 Å². The first kappa shape index (κ1) is 14.3. The maximum atomic E-state index is 12.6.